The molecule has 0 atom stereocenters. The van der Waals surface area contributed by atoms with Gasteiger partial charge < -0.3 is 14.2 Å². The molecule has 0 radical (unpaired) electrons. The van der Waals surface area contributed by atoms with Gasteiger partial charge >= 0.3 is 0 Å². The van der Waals surface area contributed by atoms with Crippen LogP contribution in [0.4, 0.5) is 34.1 Å². The summed E-state index contributed by atoms with van der Waals surface area (Å²) in [6.07, 6.45) is 0. The molecule has 0 bridgehead atoms. The molecule has 0 spiro atoms. The minimum Gasteiger partial charge on any atom is -0.456 e. The maximum Gasteiger partial charge on any atom is 0.135 e. The second kappa shape index (κ2) is 20.6. The summed E-state index contributed by atoms with van der Waals surface area (Å²) in [6.45, 7) is 0. The van der Waals surface area contributed by atoms with Crippen molar-refractivity contribution in [1.29, 1.82) is 0 Å². The van der Waals surface area contributed by atoms with Crippen LogP contribution in [0.2, 0.25) is 0 Å². The van der Waals surface area contributed by atoms with Gasteiger partial charge in [0.1, 0.15) is 11.2 Å². The van der Waals surface area contributed by atoms with Crippen LogP contribution in [0.1, 0.15) is 0 Å². The molecule has 0 aliphatic heterocycles. The highest BCUT2D eigenvalue weighted by atomic mass is 32.1. The molecule has 0 N–H and O–H groups in total. The van der Waals surface area contributed by atoms with Crippen molar-refractivity contribution in [3.63, 3.8) is 0 Å². The summed E-state index contributed by atoms with van der Waals surface area (Å²) in [7, 11) is 0. The minimum absolute atomic E-state index is 0.884. The highest BCUT2D eigenvalue weighted by Crippen LogP contribution is 2.55. The van der Waals surface area contributed by atoms with Crippen molar-refractivity contribution >= 4 is 109 Å². The largest absolute Gasteiger partial charge is 0.456 e. The smallest absolute Gasteiger partial charge is 0.135 e. The van der Waals surface area contributed by atoms with Gasteiger partial charge in [-0.1, -0.05) is 231 Å². The fourth-order valence-corrected chi connectivity index (χ4v) is 13.9. The highest BCUT2D eigenvalue weighted by Gasteiger charge is 2.30. The van der Waals surface area contributed by atoms with E-state index in [0.717, 1.165) is 112 Å². The molecule has 0 aliphatic rings. The third-order valence-electron chi connectivity index (χ3n) is 16.6. The molecule has 0 saturated heterocycles. The molecule has 0 amide bonds. The van der Waals surface area contributed by atoms with Gasteiger partial charge in [0.05, 0.1) is 21.8 Å². The lowest BCUT2D eigenvalue weighted by atomic mass is 9.91. The molecule has 4 heteroatoms. The normalized spacial score (nSPS) is 11.6. The summed E-state index contributed by atoms with van der Waals surface area (Å²) in [5.41, 5.74) is 19.5. The zero-order chi connectivity index (χ0) is 55.5. The van der Waals surface area contributed by atoms with Crippen LogP contribution in [0.3, 0.4) is 0 Å². The van der Waals surface area contributed by atoms with Gasteiger partial charge in [-0.25, -0.2) is 0 Å². The number of thiophene rings is 1. The van der Waals surface area contributed by atoms with Crippen molar-refractivity contribution < 1.29 is 4.42 Å². The average Bonchev–Trinajstić information content (AvgIpc) is 2.49. The molecule has 16 rings (SSSR count). The lowest BCUT2D eigenvalue weighted by molar-refractivity contribution is 0.669. The van der Waals surface area contributed by atoms with Crippen molar-refractivity contribution in [1.82, 2.24) is 0 Å². The van der Waals surface area contributed by atoms with Crippen LogP contribution >= 0.6 is 11.3 Å². The number of hydrogen-bond acceptors (Lipinski definition) is 4. The fraction of sp³-hybridized carbons (Fsp3) is 0. The Morgan fingerprint density at radius 1 is 0.262 bits per heavy atom. The van der Waals surface area contributed by atoms with Gasteiger partial charge in [0.25, 0.3) is 0 Å². The van der Waals surface area contributed by atoms with Gasteiger partial charge in [-0.3, -0.25) is 0 Å². The Kier molecular flexibility index (Phi) is 12.1. The van der Waals surface area contributed by atoms with Gasteiger partial charge in [0.2, 0.25) is 0 Å². The number of benzene rings is 14. The first-order chi connectivity index (χ1) is 41.6. The van der Waals surface area contributed by atoms with Crippen LogP contribution < -0.4 is 9.80 Å². The van der Waals surface area contributed by atoms with Gasteiger partial charge in [0.15, 0.2) is 0 Å². The maximum absolute atomic E-state index is 6.30. The zero-order valence-electron chi connectivity index (χ0n) is 45.7. The van der Waals surface area contributed by atoms with Crippen molar-refractivity contribution in [2.75, 3.05) is 9.80 Å². The summed E-state index contributed by atoms with van der Waals surface area (Å²) in [5, 5.41) is 9.49. The van der Waals surface area contributed by atoms with E-state index in [1.54, 1.807) is 0 Å². The van der Waals surface area contributed by atoms with E-state index in [4.69, 9.17) is 4.42 Å². The Balaban J connectivity index is 0.986. The van der Waals surface area contributed by atoms with Gasteiger partial charge in [0, 0.05) is 48.9 Å². The molecule has 0 unspecified atom stereocenters. The zero-order valence-corrected chi connectivity index (χ0v) is 46.5. The quantitative estimate of drug-likeness (QED) is 0.129. The molecule has 16 aromatic rings. The van der Waals surface area contributed by atoms with E-state index in [1.165, 1.54) is 41.7 Å². The fourth-order valence-electron chi connectivity index (χ4n) is 12.6. The van der Waals surface area contributed by atoms with E-state index in [-0.39, 0.29) is 0 Å². The number of furan rings is 1. The van der Waals surface area contributed by atoms with E-state index < -0.39 is 0 Å². The number of para-hydroxylation sites is 2. The first-order valence-corrected chi connectivity index (χ1v) is 29.4. The lowest BCUT2D eigenvalue weighted by Gasteiger charge is -2.35. The summed E-state index contributed by atoms with van der Waals surface area (Å²) in [6, 6.07) is 115. The van der Waals surface area contributed by atoms with E-state index in [0.29, 0.717) is 0 Å². The van der Waals surface area contributed by atoms with Crippen LogP contribution in [0.15, 0.2) is 320 Å². The van der Waals surface area contributed by atoms with E-state index in [2.05, 4.69) is 313 Å². The summed E-state index contributed by atoms with van der Waals surface area (Å²) in [4.78, 5) is 5.05. The molecular weight excluding hydrogens is 1040 g/mol. The summed E-state index contributed by atoms with van der Waals surface area (Å²) < 4.78 is 8.72. The minimum atomic E-state index is 0.884. The molecule has 0 aliphatic carbocycles. The number of fused-ring (bicyclic) bond motifs is 8. The number of rotatable bonds is 11. The van der Waals surface area contributed by atoms with Crippen molar-refractivity contribution in [3.8, 4) is 55.6 Å². The summed E-state index contributed by atoms with van der Waals surface area (Å²) in [5.74, 6) is 0. The number of hydrogen-bond donors (Lipinski definition) is 0. The van der Waals surface area contributed by atoms with E-state index in [9.17, 15) is 0 Å². The molecule has 3 nitrogen and oxygen atoms in total. The van der Waals surface area contributed by atoms with Crippen molar-refractivity contribution in [2.24, 2.45) is 0 Å². The Hall–Kier alpha value is -10.8. The molecular formula is C80H52N2OS. The molecule has 84 heavy (non-hydrogen) atoms. The standard InChI is InChI=1S/C80H52N2OS/c1-4-21-56(22-5-1)66-45-44-65(52-71(66)62-38-36-54-20-11-13-26-59(54)50-62)81(64-42-39-55(40-43-64)60-41-48-76-72(51-60)68-29-14-16-33-75(68)83-76)74-47-46-70-69-30-15-17-34-77(69)84-80(70)79(74)82(63-27-8-3-9-28-63)73-32-18-31-67(78(73)57-23-6-2-7-24-57)61-37-35-53-19-10-12-25-58(53)49-61/h1-52H. The monoisotopic (exact) mass is 1090 g/mol. The predicted octanol–water partition coefficient (Wildman–Crippen LogP) is 23.5. The number of anilines is 6. The van der Waals surface area contributed by atoms with Gasteiger partial charge in [-0.05, 0) is 157 Å². The van der Waals surface area contributed by atoms with E-state index >= 15 is 0 Å². The first-order valence-electron chi connectivity index (χ1n) is 28.6. The Morgan fingerprint density at radius 3 is 1.57 bits per heavy atom. The molecule has 0 saturated carbocycles. The SMILES string of the molecule is c1ccc(-c2ccc(N(c3ccc(-c4ccc5oc6ccccc6c5c4)cc3)c3ccc4c(sc5ccccc54)c3N(c3ccccc3)c3cccc(-c4ccc5ccccc5c4)c3-c3ccccc3)cc2-c2ccc3ccccc3c2)cc1. The van der Waals surface area contributed by atoms with Crippen molar-refractivity contribution in [2.45, 2.75) is 0 Å². The topological polar surface area (TPSA) is 19.6 Å². The Bertz CT molecular complexity index is 5140. The van der Waals surface area contributed by atoms with E-state index in [1.807, 2.05) is 23.5 Å². The van der Waals surface area contributed by atoms with Crippen LogP contribution in [-0.2, 0) is 0 Å². The molecule has 2 aromatic heterocycles. The van der Waals surface area contributed by atoms with Crippen LogP contribution in [-0.4, -0.2) is 0 Å². The molecule has 2 heterocycles. The Morgan fingerprint density at radius 2 is 0.833 bits per heavy atom. The molecule has 14 aromatic carbocycles. The molecule has 0 fully saturated rings. The van der Waals surface area contributed by atoms with Crippen LogP contribution in [0, 0.1) is 0 Å². The van der Waals surface area contributed by atoms with Crippen LogP contribution in [0.5, 0.6) is 0 Å². The third-order valence-corrected chi connectivity index (χ3v) is 17.8. The second-order valence-corrected chi connectivity index (χ2v) is 22.6. The van der Waals surface area contributed by atoms with Crippen molar-refractivity contribution in [3.05, 3.63) is 315 Å². The predicted molar refractivity (Wildman–Crippen MR) is 358 cm³/mol. The average molecular weight is 1090 g/mol. The molecule has 394 valence electrons. The Labute approximate surface area is 491 Å². The third kappa shape index (κ3) is 8.59. The second-order valence-electron chi connectivity index (χ2n) is 21.6. The number of nitrogens with zero attached hydrogens (tertiary/aromatic N) is 2. The lowest BCUT2D eigenvalue weighted by Crippen LogP contribution is -2.18. The highest BCUT2D eigenvalue weighted by molar-refractivity contribution is 7.26. The van der Waals surface area contributed by atoms with Gasteiger partial charge in [-0.15, -0.1) is 11.3 Å². The maximum atomic E-state index is 6.30. The first kappa shape index (κ1) is 49.1. The van der Waals surface area contributed by atoms with Crippen LogP contribution in [0.25, 0.3) is 119 Å². The summed E-state index contributed by atoms with van der Waals surface area (Å²) >= 11 is 1.86. The van der Waals surface area contributed by atoms with Gasteiger partial charge in [-0.2, -0.15) is 0 Å².